The van der Waals surface area contributed by atoms with Crippen LogP contribution >= 0.6 is 8.53 Å². The Morgan fingerprint density at radius 2 is 1.27 bits per heavy atom. The molecule has 11 heteroatoms. The van der Waals surface area contributed by atoms with Gasteiger partial charge in [0.25, 0.3) is 8.53 Å². The summed E-state index contributed by atoms with van der Waals surface area (Å²) in [4.78, 5) is 0. The van der Waals surface area contributed by atoms with E-state index >= 15 is 0 Å². The van der Waals surface area contributed by atoms with Crippen LogP contribution in [0.25, 0.3) is 0 Å². The molecule has 0 saturated carbocycles. The van der Waals surface area contributed by atoms with E-state index in [1.165, 1.54) is 0 Å². The van der Waals surface area contributed by atoms with Crippen LogP contribution in [-0.4, -0.2) is 61.0 Å². The highest BCUT2D eigenvalue weighted by atomic mass is 32.2. The van der Waals surface area contributed by atoms with Gasteiger partial charge in [0, 0.05) is 0 Å². The predicted octanol–water partition coefficient (Wildman–Crippen LogP) is 4.82. The molecule has 3 rings (SSSR count). The smallest absolute Gasteiger partial charge is 0.255 e. The van der Waals surface area contributed by atoms with Crippen molar-refractivity contribution in [3.63, 3.8) is 0 Å². The zero-order valence-electron chi connectivity index (χ0n) is 22.9. The lowest BCUT2D eigenvalue weighted by Crippen LogP contribution is -2.35. The fourth-order valence-corrected chi connectivity index (χ4v) is 5.93. The molecule has 3 aromatic carbocycles. The molecule has 0 aliphatic carbocycles. The molecule has 0 heterocycles. The van der Waals surface area contributed by atoms with Gasteiger partial charge in [0.1, 0.15) is 17.1 Å². The van der Waals surface area contributed by atoms with Crippen LogP contribution in [0.15, 0.2) is 78.9 Å². The third-order valence-corrected chi connectivity index (χ3v) is 8.87. The Balaban J connectivity index is 1.85. The van der Waals surface area contributed by atoms with Crippen LogP contribution in [-0.2, 0) is 29.2 Å². The Hall–Kier alpha value is -3.03. The molecule has 40 heavy (non-hydrogen) atoms. The summed E-state index contributed by atoms with van der Waals surface area (Å²) in [5.41, 5.74) is 1.39. The first kappa shape index (κ1) is 31.5. The first-order valence-electron chi connectivity index (χ1n) is 12.7. The van der Waals surface area contributed by atoms with E-state index in [4.69, 9.17) is 28.5 Å². The number of nitrogens with one attached hydrogen (secondary N) is 1. The Bertz CT molecular complexity index is 1270. The summed E-state index contributed by atoms with van der Waals surface area (Å²) in [5, 5.41) is 11.5. The maximum Gasteiger partial charge on any atom is 0.255 e. The molecule has 3 aromatic rings. The van der Waals surface area contributed by atoms with Crippen molar-refractivity contribution in [1.29, 1.82) is 5.26 Å². The molecule has 1 unspecified atom stereocenters. The fourth-order valence-electron chi connectivity index (χ4n) is 4.09. The van der Waals surface area contributed by atoms with Gasteiger partial charge in [0.2, 0.25) is 0 Å². The molecule has 1 atom stereocenters. The van der Waals surface area contributed by atoms with Crippen LogP contribution in [0.1, 0.15) is 23.1 Å². The summed E-state index contributed by atoms with van der Waals surface area (Å²) in [5.74, 6) is 0.994. The summed E-state index contributed by atoms with van der Waals surface area (Å²) in [6.45, 7) is 0.110. The summed E-state index contributed by atoms with van der Waals surface area (Å²) < 4.78 is 54.2. The van der Waals surface area contributed by atoms with Crippen LogP contribution < -0.4 is 14.6 Å². The van der Waals surface area contributed by atoms with Gasteiger partial charge < -0.3 is 23.3 Å². The minimum absolute atomic E-state index is 0.0395. The van der Waals surface area contributed by atoms with Gasteiger partial charge in [0.05, 0.1) is 58.0 Å². The average molecular weight is 587 g/mol. The van der Waals surface area contributed by atoms with Crippen molar-refractivity contribution in [3.8, 4) is 17.6 Å². The van der Waals surface area contributed by atoms with Gasteiger partial charge in [-0.25, -0.2) is 8.42 Å². The van der Waals surface area contributed by atoms with Crippen LogP contribution in [0.3, 0.4) is 0 Å². The van der Waals surface area contributed by atoms with Crippen molar-refractivity contribution in [2.75, 3.05) is 52.6 Å². The molecule has 0 aromatic heterocycles. The summed E-state index contributed by atoms with van der Waals surface area (Å²) >= 11 is 0. The maximum atomic E-state index is 12.9. The highest BCUT2D eigenvalue weighted by molar-refractivity contribution is 7.91. The lowest BCUT2D eigenvalue weighted by molar-refractivity contribution is 0.0227. The number of sulfone groups is 1. The molecule has 0 spiro atoms. The van der Waals surface area contributed by atoms with E-state index < -0.39 is 24.0 Å². The number of hydrogen-bond donors (Lipinski definition) is 1. The highest BCUT2D eigenvalue weighted by Crippen LogP contribution is 2.41. The summed E-state index contributed by atoms with van der Waals surface area (Å²) in [6.07, 6.45) is 0.227. The first-order valence-corrected chi connectivity index (χ1v) is 15.7. The molecular weight excluding hydrogens is 551 g/mol. The van der Waals surface area contributed by atoms with Crippen molar-refractivity contribution in [3.05, 3.63) is 95.6 Å². The standard InChI is InChI=1S/C29H35N2O7PS/c1-31-39(37-19-7-18-30)38-21-23-40(32,33)22-20-36-29(24-8-5-4-6-9-24,25-10-14-27(34-2)15-11-25)26-12-16-28(35-3)17-13-26/h4-6,8-17,31H,7,19-23H2,1-3H3. The number of methoxy groups -OCH3 is 2. The number of rotatable bonds is 17. The third-order valence-electron chi connectivity index (χ3n) is 6.09. The molecule has 9 nitrogen and oxygen atoms in total. The van der Waals surface area contributed by atoms with Crippen molar-refractivity contribution in [2.45, 2.75) is 12.0 Å². The molecule has 0 amide bonds. The number of hydrogen-bond acceptors (Lipinski definition) is 9. The third kappa shape index (κ3) is 8.48. The Kier molecular flexibility index (Phi) is 12.3. The van der Waals surface area contributed by atoms with E-state index in [0.717, 1.165) is 16.7 Å². The SMILES string of the molecule is CNP(OCCC#N)OCCS(=O)(=O)CCOC(c1ccccc1)(c1ccc(OC)cc1)c1ccc(OC)cc1. The second-order valence-corrected chi connectivity index (χ2v) is 12.3. The minimum atomic E-state index is -3.52. The predicted molar refractivity (Wildman–Crippen MR) is 155 cm³/mol. The first-order chi connectivity index (χ1) is 19.4. The number of benzene rings is 3. The zero-order valence-corrected chi connectivity index (χ0v) is 24.6. The zero-order chi connectivity index (χ0) is 28.8. The van der Waals surface area contributed by atoms with E-state index in [0.29, 0.717) is 11.5 Å². The second kappa shape index (κ2) is 15.7. The van der Waals surface area contributed by atoms with E-state index in [1.54, 1.807) is 21.3 Å². The van der Waals surface area contributed by atoms with E-state index in [-0.39, 0.29) is 37.7 Å². The molecule has 0 bridgehead atoms. The van der Waals surface area contributed by atoms with E-state index in [9.17, 15) is 8.42 Å². The number of ether oxygens (including phenoxy) is 3. The van der Waals surface area contributed by atoms with Crippen molar-refractivity contribution >= 4 is 18.4 Å². The Morgan fingerprint density at radius 3 is 1.77 bits per heavy atom. The fraction of sp³-hybridized carbons (Fsp3) is 0.345. The molecule has 0 radical (unpaired) electrons. The molecule has 1 N–H and O–H groups in total. The normalized spacial score (nSPS) is 12.4. The van der Waals surface area contributed by atoms with E-state index in [2.05, 4.69) is 5.09 Å². The maximum absolute atomic E-state index is 12.9. The summed E-state index contributed by atoms with van der Waals surface area (Å²) in [7, 11) is -0.126. The lowest BCUT2D eigenvalue weighted by Gasteiger charge is -2.36. The van der Waals surface area contributed by atoms with Gasteiger partial charge in [-0.15, -0.1) is 0 Å². The monoisotopic (exact) mass is 586 g/mol. The molecule has 0 aliphatic rings. The second-order valence-electron chi connectivity index (χ2n) is 8.56. The van der Waals surface area contributed by atoms with Gasteiger partial charge in [-0.1, -0.05) is 54.6 Å². The van der Waals surface area contributed by atoms with Gasteiger partial charge in [-0.3, -0.25) is 5.09 Å². The van der Waals surface area contributed by atoms with Gasteiger partial charge in [-0.2, -0.15) is 5.26 Å². The van der Waals surface area contributed by atoms with E-state index in [1.807, 2.05) is 84.9 Å². The lowest BCUT2D eigenvalue weighted by atomic mass is 9.80. The Labute approximate surface area is 237 Å². The van der Waals surface area contributed by atoms with Crippen LogP contribution in [0.2, 0.25) is 0 Å². The molecule has 0 aliphatic heterocycles. The van der Waals surface area contributed by atoms with Gasteiger partial charge in [0.15, 0.2) is 9.84 Å². The van der Waals surface area contributed by atoms with Crippen molar-refractivity contribution < 1.29 is 31.7 Å². The minimum Gasteiger partial charge on any atom is -0.497 e. The molecular formula is C29H35N2O7PS. The van der Waals surface area contributed by atoms with Crippen LogP contribution in [0.5, 0.6) is 11.5 Å². The van der Waals surface area contributed by atoms with Gasteiger partial charge >= 0.3 is 0 Å². The topological polar surface area (TPSA) is 116 Å². The van der Waals surface area contributed by atoms with Crippen molar-refractivity contribution in [1.82, 2.24) is 5.09 Å². The molecule has 0 saturated heterocycles. The van der Waals surface area contributed by atoms with Crippen molar-refractivity contribution in [2.24, 2.45) is 0 Å². The quantitative estimate of drug-likeness (QED) is 0.135. The number of nitrogens with zero attached hydrogens (tertiary/aromatic N) is 1. The average Bonchev–Trinajstić information content (AvgIpc) is 2.99. The highest BCUT2D eigenvalue weighted by Gasteiger charge is 2.38. The molecule has 214 valence electrons. The Morgan fingerprint density at radius 1 is 0.775 bits per heavy atom. The van der Waals surface area contributed by atoms with Crippen LogP contribution in [0, 0.1) is 11.3 Å². The number of nitriles is 1. The summed E-state index contributed by atoms with van der Waals surface area (Å²) in [6, 6.07) is 26.8. The van der Waals surface area contributed by atoms with Crippen LogP contribution in [0.4, 0.5) is 0 Å². The molecule has 0 fully saturated rings. The largest absolute Gasteiger partial charge is 0.497 e. The van der Waals surface area contributed by atoms with Gasteiger partial charge in [-0.05, 0) is 48.0 Å².